The predicted octanol–water partition coefficient (Wildman–Crippen LogP) is 4.69. The Balaban J connectivity index is 1.89. The minimum atomic E-state index is -2.21. The molecule has 122 valence electrons. The van der Waals surface area contributed by atoms with Gasteiger partial charge in [0.05, 0.1) is 17.4 Å². The smallest absolute Gasteiger partial charge is 0.0936 e. The molecule has 4 rings (SSSR count). The fourth-order valence-corrected chi connectivity index (χ4v) is 6.20. The second-order valence-electron chi connectivity index (χ2n) is 5.77. The lowest BCUT2D eigenvalue weighted by molar-refractivity contribution is 1.41. The molecule has 0 bridgehead atoms. The van der Waals surface area contributed by atoms with Gasteiger partial charge in [0.25, 0.3) is 0 Å². The Morgan fingerprint density at radius 1 is 0.680 bits per heavy atom. The molecule has 25 heavy (non-hydrogen) atoms. The predicted molar refractivity (Wildman–Crippen MR) is 112 cm³/mol. The third-order valence-electron chi connectivity index (χ3n) is 4.15. The van der Waals surface area contributed by atoms with Gasteiger partial charge in [-0.25, -0.2) is 0 Å². The number of fused-ring (bicyclic) bond motifs is 1. The maximum absolute atomic E-state index is 6.25. The number of benzene rings is 3. The van der Waals surface area contributed by atoms with Crippen LogP contribution in [0.25, 0.3) is 10.9 Å². The van der Waals surface area contributed by atoms with Crippen LogP contribution in [0.4, 0.5) is 5.69 Å². The summed E-state index contributed by atoms with van der Waals surface area (Å²) in [6, 6.07) is 30.9. The van der Waals surface area contributed by atoms with Gasteiger partial charge >= 0.3 is 0 Å². The van der Waals surface area contributed by atoms with Crippen molar-refractivity contribution >= 4 is 45.2 Å². The Hall–Kier alpha value is -2.48. The molecule has 4 heteroatoms. The summed E-state index contributed by atoms with van der Waals surface area (Å²) in [6.45, 7) is 0. The summed E-state index contributed by atoms with van der Waals surface area (Å²) in [4.78, 5) is 4.56. The van der Waals surface area contributed by atoms with Gasteiger partial charge in [0.1, 0.15) is 0 Å². The lowest BCUT2D eigenvalue weighted by atomic mass is 10.2. The molecule has 0 saturated carbocycles. The van der Waals surface area contributed by atoms with E-state index in [1.54, 1.807) is 0 Å². The van der Waals surface area contributed by atoms with Crippen LogP contribution in [0.5, 0.6) is 0 Å². The molecule has 4 aromatic rings. The summed E-state index contributed by atoms with van der Waals surface area (Å²) in [5.74, 6) is 0. The first-order valence-corrected chi connectivity index (χ1v) is 10.9. The number of nitrogens with one attached hydrogen (secondary N) is 1. The average molecular weight is 360 g/mol. The van der Waals surface area contributed by atoms with E-state index in [0.717, 1.165) is 27.2 Å². The summed E-state index contributed by atoms with van der Waals surface area (Å²) in [7, 11) is 0. The third-order valence-corrected chi connectivity index (χ3v) is 8.30. The van der Waals surface area contributed by atoms with Gasteiger partial charge in [0.15, 0.2) is 0 Å². The molecule has 1 N–H and O–H groups in total. The van der Waals surface area contributed by atoms with Crippen molar-refractivity contribution in [1.82, 2.24) is 4.98 Å². The molecule has 3 aromatic carbocycles. The Kier molecular flexibility index (Phi) is 4.35. The normalized spacial score (nSPS) is 11.4. The lowest BCUT2D eigenvalue weighted by Crippen LogP contribution is -2.21. The van der Waals surface area contributed by atoms with Gasteiger partial charge in [-0.1, -0.05) is 90.7 Å². The number of nitrogens with zero attached hydrogens (tertiary/aromatic N) is 1. The van der Waals surface area contributed by atoms with Crippen molar-refractivity contribution in [3.63, 3.8) is 0 Å². The quantitative estimate of drug-likeness (QED) is 0.534. The number of pyridine rings is 1. The first kappa shape index (κ1) is 16.0. The zero-order chi connectivity index (χ0) is 17.1. The largest absolute Gasteiger partial charge is 0.349 e. The van der Waals surface area contributed by atoms with Gasteiger partial charge in [0, 0.05) is 22.2 Å². The van der Waals surface area contributed by atoms with Crippen molar-refractivity contribution in [2.24, 2.45) is 0 Å². The van der Waals surface area contributed by atoms with Crippen LogP contribution >= 0.6 is 6.19 Å². The van der Waals surface area contributed by atoms with Gasteiger partial charge in [-0.2, -0.15) is 0 Å². The van der Waals surface area contributed by atoms with Crippen molar-refractivity contribution in [2.75, 3.05) is 5.09 Å². The van der Waals surface area contributed by atoms with Crippen molar-refractivity contribution in [1.29, 1.82) is 0 Å². The zero-order valence-electron chi connectivity index (χ0n) is 13.5. The number of hydrogen-bond acceptors (Lipinski definition) is 2. The van der Waals surface area contributed by atoms with Crippen LogP contribution in [0.15, 0.2) is 97.2 Å². The van der Waals surface area contributed by atoms with E-state index < -0.39 is 6.19 Å². The summed E-state index contributed by atoms with van der Waals surface area (Å²) in [5.41, 5.74) is 1.93. The minimum Gasteiger partial charge on any atom is -0.349 e. The molecule has 0 saturated heterocycles. The van der Waals surface area contributed by atoms with E-state index in [4.69, 9.17) is 11.8 Å². The highest BCUT2D eigenvalue weighted by Crippen LogP contribution is 2.44. The molecule has 0 amide bonds. The van der Waals surface area contributed by atoms with Crippen LogP contribution in [0.3, 0.4) is 0 Å². The van der Waals surface area contributed by atoms with Crippen molar-refractivity contribution in [3.8, 4) is 0 Å². The third kappa shape index (κ3) is 3.09. The van der Waals surface area contributed by atoms with E-state index in [1.165, 1.54) is 0 Å². The molecule has 0 aliphatic rings. The minimum absolute atomic E-state index is 0.950. The molecular weight excluding hydrogens is 343 g/mol. The standard InChI is InChI=1S/C21H17N2PS/c25-24(18-11-3-1-4-12-18,19-13-5-2-6-14-19)23-20-15-7-9-17-10-8-16-22-21(17)20/h1-16H,(H,23,25). The molecule has 1 heterocycles. The maximum Gasteiger partial charge on any atom is 0.0936 e. The Bertz CT molecular complexity index is 1000. The SMILES string of the molecule is S=P(Nc1cccc2cccnc12)(c1ccccc1)c1ccccc1. The van der Waals surface area contributed by atoms with E-state index in [0.29, 0.717) is 0 Å². The molecular formula is C21H17N2PS. The second-order valence-corrected chi connectivity index (χ2v) is 9.89. The molecule has 0 atom stereocenters. The van der Waals surface area contributed by atoms with Crippen LogP contribution in [-0.2, 0) is 11.8 Å². The molecule has 0 fully saturated rings. The van der Waals surface area contributed by atoms with Crippen LogP contribution in [0.1, 0.15) is 0 Å². The summed E-state index contributed by atoms with van der Waals surface area (Å²) in [6.07, 6.45) is -0.386. The fraction of sp³-hybridized carbons (Fsp3) is 0. The van der Waals surface area contributed by atoms with E-state index >= 15 is 0 Å². The first-order valence-electron chi connectivity index (χ1n) is 8.11. The van der Waals surface area contributed by atoms with E-state index in [9.17, 15) is 0 Å². The number of rotatable bonds is 4. The number of para-hydroxylation sites is 1. The van der Waals surface area contributed by atoms with E-state index in [2.05, 4.69) is 52.5 Å². The van der Waals surface area contributed by atoms with Crippen molar-refractivity contribution in [2.45, 2.75) is 0 Å². The van der Waals surface area contributed by atoms with Crippen LogP contribution in [0.2, 0.25) is 0 Å². The fourth-order valence-electron chi connectivity index (χ4n) is 2.92. The van der Waals surface area contributed by atoms with E-state index in [1.807, 2.05) is 54.7 Å². The van der Waals surface area contributed by atoms with Gasteiger partial charge in [0.2, 0.25) is 0 Å². The number of aromatic nitrogens is 1. The van der Waals surface area contributed by atoms with Gasteiger partial charge < -0.3 is 5.09 Å². The molecule has 1 aromatic heterocycles. The first-order chi connectivity index (χ1) is 12.3. The highest BCUT2D eigenvalue weighted by molar-refractivity contribution is 8.22. The van der Waals surface area contributed by atoms with Crippen LogP contribution < -0.4 is 15.7 Å². The highest BCUT2D eigenvalue weighted by Gasteiger charge is 2.22. The topological polar surface area (TPSA) is 24.9 Å². The Morgan fingerprint density at radius 2 is 1.28 bits per heavy atom. The van der Waals surface area contributed by atoms with Gasteiger partial charge in [-0.3, -0.25) is 4.98 Å². The molecule has 0 unspecified atom stereocenters. The van der Waals surface area contributed by atoms with Crippen LogP contribution in [-0.4, -0.2) is 4.98 Å². The number of hydrogen-bond donors (Lipinski definition) is 1. The highest BCUT2D eigenvalue weighted by atomic mass is 32.4. The van der Waals surface area contributed by atoms with Gasteiger partial charge in [-0.05, 0) is 12.1 Å². The van der Waals surface area contributed by atoms with E-state index in [-0.39, 0.29) is 0 Å². The molecule has 0 radical (unpaired) electrons. The second kappa shape index (κ2) is 6.79. The maximum atomic E-state index is 6.25. The zero-order valence-corrected chi connectivity index (χ0v) is 15.3. The summed E-state index contributed by atoms with van der Waals surface area (Å²) >= 11 is 6.25. The van der Waals surface area contributed by atoms with Crippen molar-refractivity contribution in [3.05, 3.63) is 97.2 Å². The van der Waals surface area contributed by atoms with Crippen molar-refractivity contribution < 1.29 is 0 Å². The Morgan fingerprint density at radius 3 is 1.92 bits per heavy atom. The number of anilines is 1. The Labute approximate surface area is 152 Å². The summed E-state index contributed by atoms with van der Waals surface area (Å²) < 4.78 is 0. The monoisotopic (exact) mass is 360 g/mol. The molecule has 0 aliphatic carbocycles. The molecule has 0 aliphatic heterocycles. The molecule has 0 spiro atoms. The molecule has 2 nitrogen and oxygen atoms in total. The average Bonchev–Trinajstić information content (AvgIpc) is 2.69. The van der Waals surface area contributed by atoms with Gasteiger partial charge in [-0.15, -0.1) is 0 Å². The lowest BCUT2D eigenvalue weighted by Gasteiger charge is -2.26. The van der Waals surface area contributed by atoms with Crippen LogP contribution in [0, 0.1) is 0 Å². The summed E-state index contributed by atoms with van der Waals surface area (Å²) in [5, 5.41) is 7.09.